The molecule has 0 fully saturated rings. The van der Waals surface area contributed by atoms with E-state index in [2.05, 4.69) is 9.97 Å². The van der Waals surface area contributed by atoms with Gasteiger partial charge in [0.1, 0.15) is 11.0 Å². The van der Waals surface area contributed by atoms with Crippen molar-refractivity contribution in [3.05, 3.63) is 54.2 Å². The van der Waals surface area contributed by atoms with Gasteiger partial charge in [0, 0.05) is 25.6 Å². The lowest BCUT2D eigenvalue weighted by Crippen LogP contribution is -2.35. The molecule has 0 saturated heterocycles. The van der Waals surface area contributed by atoms with E-state index in [0.29, 0.717) is 37.7 Å². The second kappa shape index (κ2) is 7.79. The van der Waals surface area contributed by atoms with Crippen LogP contribution in [0, 0.1) is 6.92 Å². The largest absolute Gasteiger partial charge is 0.450 e. The molecular weight excluding hydrogens is 394 g/mol. The fraction of sp³-hybridized carbons (Fsp3) is 0.261. The molecule has 5 rings (SSSR count). The number of nitrogens with zero attached hydrogens (tertiary/aromatic N) is 5. The minimum absolute atomic E-state index is 0.284. The highest BCUT2D eigenvalue weighted by Gasteiger charge is 2.19. The summed E-state index contributed by atoms with van der Waals surface area (Å²) < 4.78 is 10.6. The molecule has 8 heteroatoms. The van der Waals surface area contributed by atoms with Gasteiger partial charge in [-0.05, 0) is 49.2 Å². The fourth-order valence-electron chi connectivity index (χ4n) is 3.70. The number of hydrogen-bond donors (Lipinski definition) is 0. The summed E-state index contributed by atoms with van der Waals surface area (Å²) in [5.74, 6) is 0.636. The summed E-state index contributed by atoms with van der Waals surface area (Å²) in [4.78, 5) is 32.0. The first-order chi connectivity index (χ1) is 15.1. The topological polar surface area (TPSA) is 94.2 Å². The Morgan fingerprint density at radius 3 is 2.81 bits per heavy atom. The number of benzene rings is 1. The summed E-state index contributed by atoms with van der Waals surface area (Å²) in [5.41, 5.74) is 6.45. The summed E-state index contributed by atoms with van der Waals surface area (Å²) in [6, 6.07) is 9.68. The smallest absolute Gasteiger partial charge is 0.410 e. The fourth-order valence-corrected chi connectivity index (χ4v) is 3.70. The quantitative estimate of drug-likeness (QED) is 0.490. The van der Waals surface area contributed by atoms with E-state index in [0.717, 1.165) is 39.1 Å². The predicted molar refractivity (Wildman–Crippen MR) is 116 cm³/mol. The predicted octanol–water partition coefficient (Wildman–Crippen LogP) is 4.39. The average Bonchev–Trinajstić information content (AvgIpc) is 3.18. The Labute approximate surface area is 178 Å². The second-order valence-electron chi connectivity index (χ2n) is 7.33. The first-order valence-electron chi connectivity index (χ1n) is 10.2. The van der Waals surface area contributed by atoms with E-state index in [1.54, 1.807) is 18.0 Å². The van der Waals surface area contributed by atoms with Gasteiger partial charge < -0.3 is 14.1 Å². The van der Waals surface area contributed by atoms with Crippen molar-refractivity contribution in [3.63, 3.8) is 0 Å². The molecule has 0 spiro atoms. The molecule has 1 amide bonds. The minimum atomic E-state index is -0.284. The van der Waals surface area contributed by atoms with Crippen LogP contribution in [0.25, 0.3) is 39.1 Å². The van der Waals surface area contributed by atoms with Crippen molar-refractivity contribution in [2.45, 2.75) is 20.3 Å². The molecule has 3 aromatic heterocycles. The van der Waals surface area contributed by atoms with Gasteiger partial charge in [-0.3, -0.25) is 4.98 Å². The van der Waals surface area contributed by atoms with Gasteiger partial charge >= 0.3 is 6.09 Å². The molecule has 4 heterocycles. The first kappa shape index (κ1) is 19.2. The summed E-state index contributed by atoms with van der Waals surface area (Å²) >= 11 is 0. The molecule has 0 atom stereocenters. The Balaban J connectivity index is 1.45. The molecule has 0 bridgehead atoms. The number of aromatic nitrogens is 4. The van der Waals surface area contributed by atoms with Crippen molar-refractivity contribution >= 4 is 33.9 Å². The van der Waals surface area contributed by atoms with Gasteiger partial charge in [-0.25, -0.2) is 19.7 Å². The van der Waals surface area contributed by atoms with Crippen LogP contribution in [0.15, 0.2) is 47.0 Å². The molecular formula is C23H21N5O3. The van der Waals surface area contributed by atoms with Gasteiger partial charge in [0.15, 0.2) is 17.1 Å². The van der Waals surface area contributed by atoms with Gasteiger partial charge in [0.25, 0.3) is 0 Å². The molecule has 0 radical (unpaired) electrons. The standard InChI is InChI=1S/C23H21N5O3/c1-3-30-23(29)28-10-8-15(9-11-28)20-13-24-18-6-5-17(26-22(18)27-20)16-4-7-21-19(12-16)25-14(2)31-21/h4-8,12-13H,3,9-11H2,1-2H3. The second-order valence-corrected chi connectivity index (χ2v) is 7.33. The number of rotatable bonds is 3. The molecule has 1 aliphatic heterocycles. The van der Waals surface area contributed by atoms with Gasteiger partial charge in [-0.2, -0.15) is 0 Å². The summed E-state index contributed by atoms with van der Waals surface area (Å²) in [5, 5.41) is 0. The van der Waals surface area contributed by atoms with Crippen LogP contribution in [0.2, 0.25) is 0 Å². The molecule has 0 unspecified atom stereocenters. The highest BCUT2D eigenvalue weighted by atomic mass is 16.6. The minimum Gasteiger partial charge on any atom is -0.450 e. The number of pyridine rings is 1. The van der Waals surface area contributed by atoms with Gasteiger partial charge in [0.05, 0.1) is 24.2 Å². The third-order valence-corrected chi connectivity index (χ3v) is 5.26. The van der Waals surface area contributed by atoms with Gasteiger partial charge in [0.2, 0.25) is 0 Å². The van der Waals surface area contributed by atoms with E-state index in [-0.39, 0.29) is 6.09 Å². The summed E-state index contributed by atoms with van der Waals surface area (Å²) in [6.07, 6.45) is 4.18. The van der Waals surface area contributed by atoms with Crippen LogP contribution in [0.1, 0.15) is 24.9 Å². The van der Waals surface area contributed by atoms with Crippen LogP contribution < -0.4 is 0 Å². The van der Waals surface area contributed by atoms with Crippen LogP contribution in [-0.2, 0) is 4.74 Å². The summed E-state index contributed by atoms with van der Waals surface area (Å²) in [6.45, 7) is 5.10. The maximum Gasteiger partial charge on any atom is 0.410 e. The van der Waals surface area contributed by atoms with Crippen LogP contribution in [-0.4, -0.2) is 50.6 Å². The normalized spacial score (nSPS) is 14.1. The molecule has 0 N–H and O–H groups in total. The number of amides is 1. The van der Waals surface area contributed by atoms with Crippen LogP contribution in [0.5, 0.6) is 0 Å². The van der Waals surface area contributed by atoms with Crippen molar-refractivity contribution in [2.75, 3.05) is 19.7 Å². The molecule has 8 nitrogen and oxygen atoms in total. The number of ether oxygens (including phenoxy) is 1. The summed E-state index contributed by atoms with van der Waals surface area (Å²) in [7, 11) is 0. The lowest BCUT2D eigenvalue weighted by molar-refractivity contribution is 0.111. The highest BCUT2D eigenvalue weighted by molar-refractivity contribution is 5.82. The average molecular weight is 415 g/mol. The molecule has 31 heavy (non-hydrogen) atoms. The van der Waals surface area contributed by atoms with Crippen molar-refractivity contribution in [2.24, 2.45) is 0 Å². The van der Waals surface area contributed by atoms with Gasteiger partial charge in [-0.15, -0.1) is 0 Å². The molecule has 156 valence electrons. The van der Waals surface area contributed by atoms with Gasteiger partial charge in [-0.1, -0.05) is 6.08 Å². The Kier molecular flexibility index (Phi) is 4.82. The number of aryl methyl sites for hydroxylation is 1. The number of oxazole rings is 1. The van der Waals surface area contributed by atoms with Crippen molar-refractivity contribution < 1.29 is 13.9 Å². The zero-order valence-corrected chi connectivity index (χ0v) is 17.3. The molecule has 1 aromatic carbocycles. The lowest BCUT2D eigenvalue weighted by atomic mass is 10.1. The van der Waals surface area contributed by atoms with E-state index >= 15 is 0 Å². The van der Waals surface area contributed by atoms with E-state index in [1.807, 2.05) is 43.3 Å². The van der Waals surface area contributed by atoms with Crippen LogP contribution in [0.3, 0.4) is 0 Å². The first-order valence-corrected chi connectivity index (χ1v) is 10.2. The Bertz CT molecular complexity index is 1330. The number of carbonyl (C=O) groups is 1. The van der Waals surface area contributed by atoms with E-state index in [1.165, 1.54) is 0 Å². The van der Waals surface area contributed by atoms with E-state index in [9.17, 15) is 4.79 Å². The Morgan fingerprint density at radius 2 is 2.00 bits per heavy atom. The maximum absolute atomic E-state index is 11.9. The van der Waals surface area contributed by atoms with E-state index < -0.39 is 0 Å². The van der Waals surface area contributed by atoms with Crippen molar-refractivity contribution in [3.8, 4) is 11.3 Å². The third kappa shape index (κ3) is 3.72. The maximum atomic E-state index is 11.9. The van der Waals surface area contributed by atoms with Crippen molar-refractivity contribution in [1.29, 1.82) is 0 Å². The van der Waals surface area contributed by atoms with Crippen molar-refractivity contribution in [1.82, 2.24) is 24.8 Å². The van der Waals surface area contributed by atoms with E-state index in [4.69, 9.17) is 19.1 Å². The van der Waals surface area contributed by atoms with Crippen LogP contribution in [0.4, 0.5) is 4.79 Å². The monoisotopic (exact) mass is 415 g/mol. The SMILES string of the molecule is CCOC(=O)N1CC=C(c2cnc3ccc(-c4ccc5oc(C)nc5c4)nc3n2)CC1. The molecule has 1 aliphatic rings. The zero-order valence-electron chi connectivity index (χ0n) is 17.3. The Hall–Kier alpha value is -3.81. The number of carbonyl (C=O) groups excluding carboxylic acids is 1. The third-order valence-electron chi connectivity index (χ3n) is 5.26. The molecule has 4 aromatic rings. The number of hydrogen-bond acceptors (Lipinski definition) is 7. The number of fused-ring (bicyclic) bond motifs is 2. The zero-order chi connectivity index (χ0) is 21.4. The van der Waals surface area contributed by atoms with Crippen LogP contribution >= 0.6 is 0 Å². The molecule has 0 aliphatic carbocycles. The Morgan fingerprint density at radius 1 is 1.13 bits per heavy atom. The highest BCUT2D eigenvalue weighted by Crippen LogP contribution is 2.26. The molecule has 0 saturated carbocycles. The lowest BCUT2D eigenvalue weighted by Gasteiger charge is -2.25.